The molecule has 0 aliphatic rings. The van der Waals surface area contributed by atoms with Crippen LogP contribution in [0.4, 0.5) is 0 Å². The van der Waals surface area contributed by atoms with Gasteiger partial charge in [0.1, 0.15) is 0 Å². The smallest absolute Gasteiger partial charge is 0.259 e. The first-order valence-electron chi connectivity index (χ1n) is 4.19. The SMILES string of the molecule is NCc1noc(-c2cc(Br)ccc2I)n1. The van der Waals surface area contributed by atoms with Crippen LogP contribution in [0.15, 0.2) is 27.2 Å². The van der Waals surface area contributed by atoms with Crippen molar-refractivity contribution in [1.29, 1.82) is 0 Å². The largest absolute Gasteiger partial charge is 0.334 e. The Kier molecular flexibility index (Phi) is 3.37. The van der Waals surface area contributed by atoms with Crippen LogP contribution in [0, 0.1) is 3.57 Å². The second-order valence-electron chi connectivity index (χ2n) is 2.84. The molecule has 0 saturated heterocycles. The van der Waals surface area contributed by atoms with Crippen LogP contribution >= 0.6 is 38.5 Å². The fourth-order valence-electron chi connectivity index (χ4n) is 1.11. The molecule has 0 atom stereocenters. The lowest BCUT2D eigenvalue weighted by Crippen LogP contribution is -1.97. The lowest BCUT2D eigenvalue weighted by Gasteiger charge is -1.98. The van der Waals surface area contributed by atoms with Crippen molar-refractivity contribution in [2.45, 2.75) is 6.54 Å². The number of nitrogens with two attached hydrogens (primary N) is 1. The standard InChI is InChI=1S/C9H7BrIN3O/c10-5-1-2-7(11)6(3-5)9-13-8(4-12)14-15-9/h1-3H,4,12H2. The van der Waals surface area contributed by atoms with Crippen LogP contribution in [-0.2, 0) is 6.54 Å². The van der Waals surface area contributed by atoms with E-state index in [1.807, 2.05) is 18.2 Å². The molecule has 2 rings (SSSR count). The summed E-state index contributed by atoms with van der Waals surface area (Å²) in [6.07, 6.45) is 0. The van der Waals surface area contributed by atoms with Crippen molar-refractivity contribution in [2.75, 3.05) is 0 Å². The highest BCUT2D eigenvalue weighted by Crippen LogP contribution is 2.26. The average Bonchev–Trinajstić information content (AvgIpc) is 2.70. The van der Waals surface area contributed by atoms with E-state index in [4.69, 9.17) is 10.3 Å². The van der Waals surface area contributed by atoms with Gasteiger partial charge in [-0.25, -0.2) is 0 Å². The van der Waals surface area contributed by atoms with Crippen LogP contribution in [0.25, 0.3) is 11.5 Å². The Balaban J connectivity index is 2.48. The van der Waals surface area contributed by atoms with Gasteiger partial charge in [-0.15, -0.1) is 0 Å². The van der Waals surface area contributed by atoms with E-state index in [0.717, 1.165) is 13.6 Å². The van der Waals surface area contributed by atoms with E-state index in [1.54, 1.807) is 0 Å². The Labute approximate surface area is 109 Å². The first-order chi connectivity index (χ1) is 7.20. The molecule has 78 valence electrons. The molecule has 2 N–H and O–H groups in total. The van der Waals surface area contributed by atoms with E-state index < -0.39 is 0 Å². The van der Waals surface area contributed by atoms with E-state index in [0.29, 0.717) is 11.7 Å². The fraction of sp³-hybridized carbons (Fsp3) is 0.111. The Morgan fingerprint density at radius 2 is 2.27 bits per heavy atom. The van der Waals surface area contributed by atoms with Crippen molar-refractivity contribution in [3.63, 3.8) is 0 Å². The molecular formula is C9H7BrIN3O. The summed E-state index contributed by atoms with van der Waals surface area (Å²) in [5.41, 5.74) is 6.33. The van der Waals surface area contributed by atoms with Crippen LogP contribution < -0.4 is 5.73 Å². The molecule has 4 nitrogen and oxygen atoms in total. The van der Waals surface area contributed by atoms with Crippen molar-refractivity contribution < 1.29 is 4.52 Å². The molecule has 1 aromatic carbocycles. The third-order valence-electron chi connectivity index (χ3n) is 1.81. The minimum Gasteiger partial charge on any atom is -0.334 e. The Bertz CT molecular complexity index is 486. The molecule has 0 fully saturated rings. The molecule has 0 aliphatic carbocycles. The summed E-state index contributed by atoms with van der Waals surface area (Å²) in [5.74, 6) is 1.02. The molecule has 15 heavy (non-hydrogen) atoms. The zero-order valence-corrected chi connectivity index (χ0v) is 11.3. The highest BCUT2D eigenvalue weighted by Gasteiger charge is 2.11. The maximum Gasteiger partial charge on any atom is 0.259 e. The summed E-state index contributed by atoms with van der Waals surface area (Å²) < 4.78 is 7.15. The predicted octanol–water partition coefficient (Wildman–Crippen LogP) is 2.56. The summed E-state index contributed by atoms with van der Waals surface area (Å²) in [5, 5.41) is 3.75. The molecule has 0 bridgehead atoms. The summed E-state index contributed by atoms with van der Waals surface area (Å²) in [4.78, 5) is 4.17. The molecule has 0 unspecified atom stereocenters. The van der Waals surface area contributed by atoms with E-state index >= 15 is 0 Å². The third-order valence-corrected chi connectivity index (χ3v) is 3.24. The molecule has 0 aliphatic heterocycles. The first-order valence-corrected chi connectivity index (χ1v) is 6.06. The summed E-state index contributed by atoms with van der Waals surface area (Å²) in [6.45, 7) is 0.286. The molecule has 0 spiro atoms. The zero-order valence-electron chi connectivity index (χ0n) is 7.58. The first kappa shape index (κ1) is 11.0. The minimum absolute atomic E-state index is 0.286. The van der Waals surface area contributed by atoms with Crippen molar-refractivity contribution in [2.24, 2.45) is 5.73 Å². The van der Waals surface area contributed by atoms with Crippen molar-refractivity contribution in [3.05, 3.63) is 32.1 Å². The Morgan fingerprint density at radius 3 is 2.93 bits per heavy atom. The van der Waals surface area contributed by atoms with Crippen LogP contribution in [0.5, 0.6) is 0 Å². The van der Waals surface area contributed by atoms with Gasteiger partial charge >= 0.3 is 0 Å². The fourth-order valence-corrected chi connectivity index (χ4v) is 2.03. The van der Waals surface area contributed by atoms with Gasteiger partial charge in [0.05, 0.1) is 12.1 Å². The lowest BCUT2D eigenvalue weighted by molar-refractivity contribution is 0.422. The van der Waals surface area contributed by atoms with Crippen molar-refractivity contribution in [1.82, 2.24) is 10.1 Å². The van der Waals surface area contributed by atoms with Gasteiger partial charge in [0, 0.05) is 8.04 Å². The Hall–Kier alpha value is -0.470. The average molecular weight is 380 g/mol. The number of nitrogens with zero attached hydrogens (tertiary/aromatic N) is 2. The lowest BCUT2D eigenvalue weighted by atomic mass is 10.2. The van der Waals surface area contributed by atoms with E-state index in [2.05, 4.69) is 48.7 Å². The van der Waals surface area contributed by atoms with Gasteiger partial charge < -0.3 is 10.3 Å². The summed E-state index contributed by atoms with van der Waals surface area (Å²) in [6, 6.07) is 5.88. The zero-order chi connectivity index (χ0) is 10.8. The van der Waals surface area contributed by atoms with Gasteiger partial charge in [-0.05, 0) is 40.8 Å². The van der Waals surface area contributed by atoms with Crippen LogP contribution in [0.1, 0.15) is 5.82 Å². The predicted molar refractivity (Wildman–Crippen MR) is 68.0 cm³/mol. The highest BCUT2D eigenvalue weighted by molar-refractivity contribution is 14.1. The molecule has 0 saturated carbocycles. The van der Waals surface area contributed by atoms with Gasteiger partial charge in [-0.2, -0.15) is 4.98 Å². The number of benzene rings is 1. The van der Waals surface area contributed by atoms with Gasteiger partial charge in [-0.1, -0.05) is 21.1 Å². The number of hydrogen-bond donors (Lipinski definition) is 1. The quantitative estimate of drug-likeness (QED) is 0.814. The van der Waals surface area contributed by atoms with Crippen molar-refractivity contribution in [3.8, 4) is 11.5 Å². The number of hydrogen-bond acceptors (Lipinski definition) is 4. The maximum absolute atomic E-state index is 5.41. The number of rotatable bonds is 2. The highest BCUT2D eigenvalue weighted by atomic mass is 127. The molecule has 6 heteroatoms. The summed E-state index contributed by atoms with van der Waals surface area (Å²) in [7, 11) is 0. The minimum atomic E-state index is 0.286. The van der Waals surface area contributed by atoms with Crippen LogP contribution in [0.2, 0.25) is 0 Å². The molecular weight excluding hydrogens is 373 g/mol. The van der Waals surface area contributed by atoms with Crippen molar-refractivity contribution >= 4 is 38.5 Å². The van der Waals surface area contributed by atoms with Gasteiger partial charge in [0.2, 0.25) is 0 Å². The molecule has 2 aromatic rings. The van der Waals surface area contributed by atoms with E-state index in [1.165, 1.54) is 0 Å². The molecule has 1 heterocycles. The monoisotopic (exact) mass is 379 g/mol. The summed E-state index contributed by atoms with van der Waals surface area (Å²) >= 11 is 5.62. The molecule has 1 aromatic heterocycles. The molecule has 0 radical (unpaired) electrons. The topological polar surface area (TPSA) is 64.9 Å². The second-order valence-corrected chi connectivity index (χ2v) is 4.92. The van der Waals surface area contributed by atoms with E-state index in [-0.39, 0.29) is 6.54 Å². The van der Waals surface area contributed by atoms with E-state index in [9.17, 15) is 0 Å². The van der Waals surface area contributed by atoms with Crippen LogP contribution in [0.3, 0.4) is 0 Å². The van der Waals surface area contributed by atoms with Crippen LogP contribution in [-0.4, -0.2) is 10.1 Å². The normalized spacial score (nSPS) is 10.6. The third kappa shape index (κ3) is 2.37. The number of aromatic nitrogens is 2. The van der Waals surface area contributed by atoms with Gasteiger partial charge in [0.15, 0.2) is 5.82 Å². The number of halogens is 2. The maximum atomic E-state index is 5.41. The van der Waals surface area contributed by atoms with Gasteiger partial charge in [0.25, 0.3) is 5.89 Å². The molecule has 0 amide bonds. The van der Waals surface area contributed by atoms with Gasteiger partial charge in [-0.3, -0.25) is 0 Å². The second kappa shape index (κ2) is 4.58. The Morgan fingerprint density at radius 1 is 1.47 bits per heavy atom.